The zero-order valence-electron chi connectivity index (χ0n) is 11.9. The van der Waals surface area contributed by atoms with Gasteiger partial charge in [0, 0.05) is 17.8 Å². The Morgan fingerprint density at radius 3 is 2.52 bits per heavy atom. The van der Waals surface area contributed by atoms with Gasteiger partial charge in [-0.1, -0.05) is 24.3 Å². The van der Waals surface area contributed by atoms with Crippen LogP contribution in [0.25, 0.3) is 0 Å². The van der Waals surface area contributed by atoms with Gasteiger partial charge in [0.1, 0.15) is 5.75 Å². The largest absolute Gasteiger partial charge is 0.507 e. The number of nitrogens with one attached hydrogen (secondary N) is 1. The average molecular weight is 306 g/mol. The lowest BCUT2D eigenvalue weighted by Crippen LogP contribution is -2.13. The number of phenolic OH excluding ortho intramolecular Hbond substituents is 1. The number of primary sulfonamides is 1. The maximum absolute atomic E-state index is 11.4. The van der Waals surface area contributed by atoms with Crippen LogP contribution < -0.4 is 10.5 Å². The zero-order valence-corrected chi connectivity index (χ0v) is 12.7. The van der Waals surface area contributed by atoms with Crippen molar-refractivity contribution < 1.29 is 13.5 Å². The molecular weight excluding hydrogens is 288 g/mol. The van der Waals surface area contributed by atoms with Gasteiger partial charge in [0.15, 0.2) is 0 Å². The minimum Gasteiger partial charge on any atom is -0.507 e. The van der Waals surface area contributed by atoms with Gasteiger partial charge in [0.05, 0.1) is 4.90 Å². The molecule has 0 saturated heterocycles. The fourth-order valence-corrected chi connectivity index (χ4v) is 2.56. The lowest BCUT2D eigenvalue weighted by atomic mass is 10.1. The second-order valence-electron chi connectivity index (χ2n) is 4.96. The summed E-state index contributed by atoms with van der Waals surface area (Å²) < 4.78 is 22.8. The fourth-order valence-electron chi connectivity index (χ4n) is 2.02. The first kappa shape index (κ1) is 15.3. The number of para-hydroxylation sites is 1. The first-order valence-corrected chi connectivity index (χ1v) is 7.98. The summed E-state index contributed by atoms with van der Waals surface area (Å²) in [6.07, 6.45) is 0. The predicted octanol–water partition coefficient (Wildman–Crippen LogP) is 2.27. The average Bonchev–Trinajstić information content (AvgIpc) is 2.40. The standard InChI is InChI=1S/C15H18N2O3S/c1-10-6-7-13(21(16,19)20)8-14(10)17-9-12-5-3-4-11(2)15(12)18/h3-8,17-18H,9H2,1-2H3,(H2,16,19,20). The van der Waals surface area contributed by atoms with Crippen LogP contribution in [0.1, 0.15) is 16.7 Å². The molecular formula is C15H18N2O3S. The summed E-state index contributed by atoms with van der Waals surface area (Å²) in [5, 5.41) is 18.2. The van der Waals surface area contributed by atoms with Crippen LogP contribution in [-0.4, -0.2) is 13.5 Å². The smallest absolute Gasteiger partial charge is 0.238 e. The molecule has 0 heterocycles. The normalized spacial score (nSPS) is 11.4. The van der Waals surface area contributed by atoms with Gasteiger partial charge in [-0.15, -0.1) is 0 Å². The van der Waals surface area contributed by atoms with Gasteiger partial charge in [-0.05, 0) is 37.1 Å². The number of benzene rings is 2. The van der Waals surface area contributed by atoms with E-state index in [2.05, 4.69) is 5.32 Å². The highest BCUT2D eigenvalue weighted by molar-refractivity contribution is 7.89. The van der Waals surface area contributed by atoms with Gasteiger partial charge in [0.25, 0.3) is 0 Å². The third kappa shape index (κ3) is 3.53. The number of sulfonamides is 1. The third-order valence-electron chi connectivity index (χ3n) is 3.33. The van der Waals surface area contributed by atoms with Crippen LogP contribution in [0.2, 0.25) is 0 Å². The number of phenols is 1. The number of aromatic hydroxyl groups is 1. The molecule has 2 rings (SSSR count). The number of aryl methyl sites for hydroxylation is 2. The highest BCUT2D eigenvalue weighted by Crippen LogP contribution is 2.24. The van der Waals surface area contributed by atoms with E-state index in [1.165, 1.54) is 12.1 Å². The summed E-state index contributed by atoms with van der Waals surface area (Å²) in [4.78, 5) is 0.0593. The molecule has 0 aliphatic rings. The highest BCUT2D eigenvalue weighted by atomic mass is 32.2. The van der Waals surface area contributed by atoms with Crippen molar-refractivity contribution in [2.75, 3.05) is 5.32 Å². The van der Waals surface area contributed by atoms with E-state index >= 15 is 0 Å². The summed E-state index contributed by atoms with van der Waals surface area (Å²) in [7, 11) is -3.73. The molecule has 0 aliphatic heterocycles. The molecule has 5 nitrogen and oxygen atoms in total. The monoisotopic (exact) mass is 306 g/mol. The molecule has 0 saturated carbocycles. The Morgan fingerprint density at radius 1 is 1.14 bits per heavy atom. The molecule has 0 bridgehead atoms. The second-order valence-corrected chi connectivity index (χ2v) is 6.52. The molecule has 0 unspecified atom stereocenters. The van der Waals surface area contributed by atoms with E-state index in [1.807, 2.05) is 32.0 Å². The molecule has 0 amide bonds. The number of hydrogen-bond donors (Lipinski definition) is 3. The molecule has 0 atom stereocenters. The highest BCUT2D eigenvalue weighted by Gasteiger charge is 2.10. The Balaban J connectivity index is 2.26. The third-order valence-corrected chi connectivity index (χ3v) is 4.24. The van der Waals surface area contributed by atoms with Crippen molar-refractivity contribution in [3.63, 3.8) is 0 Å². The van der Waals surface area contributed by atoms with E-state index in [0.717, 1.165) is 16.7 Å². The molecule has 0 aromatic heterocycles. The van der Waals surface area contributed by atoms with Crippen LogP contribution in [0.4, 0.5) is 5.69 Å². The van der Waals surface area contributed by atoms with Crippen molar-refractivity contribution in [2.24, 2.45) is 5.14 Å². The van der Waals surface area contributed by atoms with Crippen molar-refractivity contribution in [1.82, 2.24) is 0 Å². The molecule has 0 aliphatic carbocycles. The van der Waals surface area contributed by atoms with Crippen molar-refractivity contribution in [2.45, 2.75) is 25.3 Å². The maximum atomic E-state index is 11.4. The van der Waals surface area contributed by atoms with E-state index in [-0.39, 0.29) is 10.6 Å². The van der Waals surface area contributed by atoms with E-state index in [0.29, 0.717) is 12.2 Å². The van der Waals surface area contributed by atoms with Gasteiger partial charge in [-0.2, -0.15) is 0 Å². The number of nitrogens with two attached hydrogens (primary N) is 1. The van der Waals surface area contributed by atoms with E-state index < -0.39 is 10.0 Å². The summed E-state index contributed by atoms with van der Waals surface area (Å²) in [5.41, 5.74) is 3.11. The molecule has 2 aromatic carbocycles. The van der Waals surface area contributed by atoms with Crippen LogP contribution in [-0.2, 0) is 16.6 Å². The first-order valence-electron chi connectivity index (χ1n) is 6.44. The summed E-state index contributed by atoms with van der Waals surface area (Å²) in [6, 6.07) is 10.2. The number of anilines is 1. The first-order chi connectivity index (χ1) is 9.79. The zero-order chi connectivity index (χ0) is 15.6. The van der Waals surface area contributed by atoms with Crippen molar-refractivity contribution >= 4 is 15.7 Å². The second kappa shape index (κ2) is 5.75. The van der Waals surface area contributed by atoms with Gasteiger partial charge in [0.2, 0.25) is 10.0 Å². The lowest BCUT2D eigenvalue weighted by molar-refractivity contribution is 0.465. The number of rotatable bonds is 4. The van der Waals surface area contributed by atoms with Crippen molar-refractivity contribution in [1.29, 1.82) is 0 Å². The minimum absolute atomic E-state index is 0.0593. The van der Waals surface area contributed by atoms with Crippen LogP contribution in [0, 0.1) is 13.8 Å². The molecule has 0 fully saturated rings. The SMILES string of the molecule is Cc1ccc(S(N)(=O)=O)cc1NCc1cccc(C)c1O. The Bertz CT molecular complexity index is 770. The molecule has 0 radical (unpaired) electrons. The van der Waals surface area contributed by atoms with E-state index in [4.69, 9.17) is 5.14 Å². The molecule has 2 aromatic rings. The Labute approximate surface area is 124 Å². The van der Waals surface area contributed by atoms with Gasteiger partial charge in [-0.25, -0.2) is 13.6 Å². The quantitative estimate of drug-likeness (QED) is 0.808. The van der Waals surface area contributed by atoms with Crippen LogP contribution in [0.5, 0.6) is 5.75 Å². The van der Waals surface area contributed by atoms with E-state index in [9.17, 15) is 13.5 Å². The molecule has 0 spiro atoms. The van der Waals surface area contributed by atoms with Crippen molar-refractivity contribution in [3.8, 4) is 5.75 Å². The maximum Gasteiger partial charge on any atom is 0.238 e. The van der Waals surface area contributed by atoms with Crippen LogP contribution in [0.15, 0.2) is 41.3 Å². The van der Waals surface area contributed by atoms with Gasteiger partial charge < -0.3 is 10.4 Å². The number of hydrogen-bond acceptors (Lipinski definition) is 4. The lowest BCUT2D eigenvalue weighted by Gasteiger charge is -2.12. The van der Waals surface area contributed by atoms with Gasteiger partial charge in [-0.3, -0.25) is 0 Å². The van der Waals surface area contributed by atoms with Crippen LogP contribution >= 0.6 is 0 Å². The Morgan fingerprint density at radius 2 is 1.86 bits per heavy atom. The molecule has 112 valence electrons. The molecule has 6 heteroatoms. The van der Waals surface area contributed by atoms with E-state index in [1.54, 1.807) is 6.07 Å². The Kier molecular flexibility index (Phi) is 4.20. The topological polar surface area (TPSA) is 92.4 Å². The summed E-state index contributed by atoms with van der Waals surface area (Å²) >= 11 is 0. The molecule has 4 N–H and O–H groups in total. The Hall–Kier alpha value is -2.05. The minimum atomic E-state index is -3.73. The molecule has 21 heavy (non-hydrogen) atoms. The summed E-state index contributed by atoms with van der Waals surface area (Å²) in [5.74, 6) is 0.241. The fraction of sp³-hybridized carbons (Fsp3) is 0.200. The predicted molar refractivity (Wildman–Crippen MR) is 82.7 cm³/mol. The van der Waals surface area contributed by atoms with Crippen molar-refractivity contribution in [3.05, 3.63) is 53.1 Å². The van der Waals surface area contributed by atoms with Crippen LogP contribution in [0.3, 0.4) is 0 Å². The van der Waals surface area contributed by atoms with Gasteiger partial charge >= 0.3 is 0 Å². The summed E-state index contributed by atoms with van der Waals surface area (Å²) in [6.45, 7) is 4.08.